The van der Waals surface area contributed by atoms with E-state index in [-0.39, 0.29) is 11.1 Å². The molecule has 0 aliphatic heterocycles. The second kappa shape index (κ2) is 18.0. The maximum Gasteiger partial charge on any atom is 0.187 e. The highest BCUT2D eigenvalue weighted by molar-refractivity contribution is 9.09. The Labute approximate surface area is 259 Å². The lowest BCUT2D eigenvalue weighted by Crippen LogP contribution is -2.18. The number of nitrogens with two attached hydrogens (primary N) is 1. The average Bonchev–Trinajstić information content (AvgIpc) is 3.48. The number of alkyl halides is 1. The third kappa shape index (κ3) is 11.4. The number of halogens is 1. The summed E-state index contributed by atoms with van der Waals surface area (Å²) in [4.78, 5) is 5.64. The number of thiocarbonyl (C=S) groups is 1. The number of anilines is 3. The Morgan fingerprint density at radius 2 is 1.27 bits per heavy atom. The molecule has 0 saturated heterocycles. The van der Waals surface area contributed by atoms with Gasteiger partial charge in [-0.2, -0.15) is 0 Å². The average molecular weight is 650 g/mol. The Bertz CT molecular complexity index is 1410. The number of nitrogens with zero attached hydrogens (tertiary/aromatic N) is 1. The van der Waals surface area contributed by atoms with Gasteiger partial charge in [0.15, 0.2) is 16.5 Å². The van der Waals surface area contributed by atoms with Crippen LogP contribution in [0.25, 0.3) is 10.4 Å². The summed E-state index contributed by atoms with van der Waals surface area (Å²) in [6.07, 6.45) is 1.66. The summed E-state index contributed by atoms with van der Waals surface area (Å²) >= 11 is 9.83. The molecule has 0 radical (unpaired) electrons. The molecule has 1 atom stereocenters. The molecular weight excluding hydrogens is 616 g/mol. The van der Waals surface area contributed by atoms with Crippen LogP contribution in [0.15, 0.2) is 128 Å². The Balaban J connectivity index is 0.000000178. The Kier molecular flexibility index (Phi) is 14.0. The van der Waals surface area contributed by atoms with Crippen molar-refractivity contribution in [2.24, 2.45) is 5.73 Å². The largest absolute Gasteiger partial charge is 0.376 e. The molecule has 6 nitrogen and oxygen atoms in total. The first-order valence-corrected chi connectivity index (χ1v) is 14.8. The van der Waals surface area contributed by atoms with E-state index in [1.165, 1.54) is 10.4 Å². The molecule has 1 heterocycles. The molecule has 4 aromatic carbocycles. The smallest absolute Gasteiger partial charge is 0.187 e. The molecule has 1 aromatic heterocycles. The molecule has 0 bridgehead atoms. The van der Waals surface area contributed by atoms with Crippen molar-refractivity contribution in [2.75, 3.05) is 24.9 Å². The molecule has 5 aromatic rings. The second-order valence-corrected chi connectivity index (χ2v) is 10.9. The van der Waals surface area contributed by atoms with E-state index >= 15 is 0 Å². The molecule has 41 heavy (non-hydrogen) atoms. The van der Waals surface area contributed by atoms with E-state index < -0.39 is 0 Å². The zero-order chi connectivity index (χ0) is 29.3. The molecule has 4 N–H and O–H groups in total. The summed E-state index contributed by atoms with van der Waals surface area (Å²) in [6, 6.07) is 40.0. The minimum absolute atomic E-state index is 0.0729. The summed E-state index contributed by atoms with van der Waals surface area (Å²) in [5.74, 6) is 0. The number of methoxy groups -OCH3 is 2. The van der Waals surface area contributed by atoms with Crippen molar-refractivity contribution in [1.82, 2.24) is 4.98 Å². The highest BCUT2D eigenvalue weighted by atomic mass is 79.9. The minimum atomic E-state index is -0.248. The number of thiazole rings is 1. The number of aromatic nitrogens is 1. The summed E-state index contributed by atoms with van der Waals surface area (Å²) in [5, 5.41) is 7.33. The van der Waals surface area contributed by atoms with Crippen LogP contribution in [0.1, 0.15) is 10.4 Å². The third-order valence-corrected chi connectivity index (χ3v) is 7.48. The first-order valence-electron chi connectivity index (χ1n) is 12.7. The third-order valence-electron chi connectivity index (χ3n) is 5.45. The van der Waals surface area contributed by atoms with Gasteiger partial charge in [0, 0.05) is 31.8 Å². The van der Waals surface area contributed by atoms with Crippen LogP contribution >= 0.6 is 39.5 Å². The number of para-hydroxylation sites is 2. The van der Waals surface area contributed by atoms with E-state index in [9.17, 15) is 0 Å². The number of hydrogen-bond donors (Lipinski definition) is 3. The van der Waals surface area contributed by atoms with Crippen molar-refractivity contribution in [3.63, 3.8) is 0 Å². The highest BCUT2D eigenvalue weighted by Gasteiger charge is 2.18. The van der Waals surface area contributed by atoms with Gasteiger partial charge in [-0.1, -0.05) is 124 Å². The van der Waals surface area contributed by atoms with Crippen LogP contribution in [0.3, 0.4) is 0 Å². The van der Waals surface area contributed by atoms with Crippen LogP contribution < -0.4 is 16.4 Å². The number of hydrogen-bond acceptors (Lipinski definition) is 6. The maximum atomic E-state index is 5.24. The molecule has 0 fully saturated rings. The molecule has 0 spiro atoms. The lowest BCUT2D eigenvalue weighted by atomic mass is 10.1. The van der Waals surface area contributed by atoms with Crippen molar-refractivity contribution in [1.29, 1.82) is 0 Å². The molecule has 9 heteroatoms. The van der Waals surface area contributed by atoms with Gasteiger partial charge in [0.1, 0.15) is 0 Å². The lowest BCUT2D eigenvalue weighted by molar-refractivity contribution is -0.101. The summed E-state index contributed by atoms with van der Waals surface area (Å²) < 4.78 is 10.3. The van der Waals surface area contributed by atoms with Crippen LogP contribution in [-0.2, 0) is 9.47 Å². The molecule has 0 saturated carbocycles. The van der Waals surface area contributed by atoms with E-state index in [1.54, 1.807) is 25.6 Å². The Morgan fingerprint density at radius 1 is 0.780 bits per heavy atom. The second-order valence-electron chi connectivity index (χ2n) is 8.39. The summed E-state index contributed by atoms with van der Waals surface area (Å²) in [5.41, 5.74) is 9.59. The van der Waals surface area contributed by atoms with Gasteiger partial charge in [0.2, 0.25) is 0 Å². The van der Waals surface area contributed by atoms with E-state index in [4.69, 9.17) is 15.2 Å². The van der Waals surface area contributed by atoms with Gasteiger partial charge in [-0.3, -0.25) is 0 Å². The fourth-order valence-corrected chi connectivity index (χ4v) is 5.20. The van der Waals surface area contributed by atoms with Crippen molar-refractivity contribution in [3.05, 3.63) is 133 Å². The first-order chi connectivity index (χ1) is 20.0. The SMILES string of the molecule is COC(OC)C(Br)c1ccccc1.NC(=S)Nc1ccccc1.c1ccc(Nc2ncc(-c3ccccc3)s2)cc1. The van der Waals surface area contributed by atoms with Gasteiger partial charge in [-0.25, -0.2) is 4.98 Å². The summed E-state index contributed by atoms with van der Waals surface area (Å²) in [6.45, 7) is 0. The van der Waals surface area contributed by atoms with Crippen LogP contribution in [-0.4, -0.2) is 30.6 Å². The monoisotopic (exact) mass is 648 g/mol. The number of nitrogens with one attached hydrogen (secondary N) is 2. The summed E-state index contributed by atoms with van der Waals surface area (Å²) in [7, 11) is 3.26. The molecular formula is C32H33BrN4O2S2. The fourth-order valence-electron chi connectivity index (χ4n) is 3.51. The zero-order valence-corrected chi connectivity index (χ0v) is 26.0. The van der Waals surface area contributed by atoms with Gasteiger partial charge >= 0.3 is 0 Å². The van der Waals surface area contributed by atoms with Crippen molar-refractivity contribution in [2.45, 2.75) is 11.1 Å². The van der Waals surface area contributed by atoms with Crippen LogP contribution in [0.4, 0.5) is 16.5 Å². The molecule has 0 aliphatic rings. The standard InChI is InChI=1S/C15H12N2S.C10H13BrO2.C7H8N2S/c1-3-7-12(8-4-1)14-11-16-15(18-14)17-13-9-5-2-6-10-13;1-12-10(13-2)9(11)8-6-4-3-5-7-8;8-7(10)9-6-4-2-1-3-5-6/h1-11H,(H,16,17);3-7,9-10H,1-2H3;1-5H,(H3,8,9,10). The quantitative estimate of drug-likeness (QED) is 0.0882. The number of ether oxygens (including phenoxy) is 2. The van der Waals surface area contributed by atoms with E-state index in [0.717, 1.165) is 22.1 Å². The lowest BCUT2D eigenvalue weighted by Gasteiger charge is -2.19. The fraction of sp³-hybridized carbons (Fsp3) is 0.125. The Hall–Kier alpha value is -3.60. The van der Waals surface area contributed by atoms with E-state index in [0.29, 0.717) is 5.11 Å². The normalized spacial score (nSPS) is 10.8. The van der Waals surface area contributed by atoms with Crippen LogP contribution in [0.5, 0.6) is 0 Å². The van der Waals surface area contributed by atoms with Gasteiger partial charge < -0.3 is 25.8 Å². The molecule has 0 aliphatic carbocycles. The van der Waals surface area contributed by atoms with Crippen molar-refractivity contribution < 1.29 is 9.47 Å². The maximum absolute atomic E-state index is 5.24. The Morgan fingerprint density at radius 3 is 1.78 bits per heavy atom. The van der Waals surface area contributed by atoms with Gasteiger partial charge in [0.05, 0.1) is 9.70 Å². The number of rotatable bonds is 8. The van der Waals surface area contributed by atoms with Gasteiger partial charge in [-0.05, 0) is 47.6 Å². The van der Waals surface area contributed by atoms with Crippen molar-refractivity contribution >= 4 is 61.1 Å². The van der Waals surface area contributed by atoms with Crippen LogP contribution in [0.2, 0.25) is 0 Å². The van der Waals surface area contributed by atoms with E-state index in [2.05, 4.69) is 55.9 Å². The topological polar surface area (TPSA) is 81.4 Å². The van der Waals surface area contributed by atoms with Crippen molar-refractivity contribution in [3.8, 4) is 10.4 Å². The minimum Gasteiger partial charge on any atom is -0.376 e. The van der Waals surface area contributed by atoms with E-state index in [1.807, 2.05) is 115 Å². The molecule has 0 amide bonds. The molecule has 212 valence electrons. The predicted octanol–water partition coefficient (Wildman–Crippen LogP) is 8.64. The van der Waals surface area contributed by atoms with Crippen LogP contribution in [0, 0.1) is 0 Å². The first kappa shape index (κ1) is 31.9. The zero-order valence-electron chi connectivity index (χ0n) is 22.8. The highest BCUT2D eigenvalue weighted by Crippen LogP contribution is 2.30. The molecule has 1 unspecified atom stereocenters. The molecule has 5 rings (SSSR count). The van der Waals surface area contributed by atoms with Gasteiger partial charge in [0.25, 0.3) is 0 Å². The van der Waals surface area contributed by atoms with Gasteiger partial charge in [-0.15, -0.1) is 0 Å². The predicted molar refractivity (Wildman–Crippen MR) is 180 cm³/mol. The number of benzene rings is 4.